The van der Waals surface area contributed by atoms with Crippen LogP contribution in [0.15, 0.2) is 24.3 Å². The Balaban J connectivity index is 2.43. The van der Waals surface area contributed by atoms with E-state index < -0.39 is 0 Å². The highest BCUT2D eigenvalue weighted by Crippen LogP contribution is 2.13. The molecule has 0 fully saturated rings. The first kappa shape index (κ1) is 15.5. The average Bonchev–Trinajstić information content (AvgIpc) is 2.41. The second-order valence-corrected chi connectivity index (χ2v) is 4.75. The first-order valence-corrected chi connectivity index (χ1v) is 6.90. The molecule has 1 atom stereocenters. The van der Waals surface area contributed by atoms with E-state index in [-0.39, 0.29) is 11.9 Å². The van der Waals surface area contributed by atoms with Crippen LogP contribution in [-0.2, 0) is 0 Å². The Kier molecular flexibility index (Phi) is 6.97. The van der Waals surface area contributed by atoms with Crippen molar-refractivity contribution in [2.24, 2.45) is 5.73 Å². The van der Waals surface area contributed by atoms with E-state index in [0.717, 1.165) is 25.0 Å². The SMILES string of the molecule is CCCOc1cccc(C(=O)NCCCC(C)N)c1. The van der Waals surface area contributed by atoms with Crippen molar-refractivity contribution in [3.63, 3.8) is 0 Å². The molecular formula is C15H24N2O2. The molecule has 0 saturated heterocycles. The van der Waals surface area contributed by atoms with Crippen molar-refractivity contribution >= 4 is 5.91 Å². The maximum atomic E-state index is 11.9. The summed E-state index contributed by atoms with van der Waals surface area (Å²) in [5.41, 5.74) is 6.29. The van der Waals surface area contributed by atoms with Gasteiger partial charge in [0.25, 0.3) is 5.91 Å². The summed E-state index contributed by atoms with van der Waals surface area (Å²) in [5.74, 6) is 0.678. The van der Waals surface area contributed by atoms with E-state index in [9.17, 15) is 4.79 Å². The van der Waals surface area contributed by atoms with Gasteiger partial charge in [0, 0.05) is 18.2 Å². The Morgan fingerprint density at radius 2 is 2.26 bits per heavy atom. The van der Waals surface area contributed by atoms with Gasteiger partial charge < -0.3 is 15.8 Å². The van der Waals surface area contributed by atoms with E-state index in [4.69, 9.17) is 10.5 Å². The van der Waals surface area contributed by atoms with Crippen molar-refractivity contribution in [2.75, 3.05) is 13.2 Å². The summed E-state index contributed by atoms with van der Waals surface area (Å²) in [6.07, 6.45) is 2.77. The molecule has 1 rings (SSSR count). The Labute approximate surface area is 115 Å². The third-order valence-electron chi connectivity index (χ3n) is 2.69. The largest absolute Gasteiger partial charge is 0.494 e. The lowest BCUT2D eigenvalue weighted by molar-refractivity contribution is 0.0952. The third-order valence-corrected chi connectivity index (χ3v) is 2.69. The monoisotopic (exact) mass is 264 g/mol. The minimum Gasteiger partial charge on any atom is -0.494 e. The summed E-state index contributed by atoms with van der Waals surface area (Å²) in [6, 6.07) is 7.45. The number of nitrogens with one attached hydrogen (secondary N) is 1. The highest BCUT2D eigenvalue weighted by Gasteiger charge is 2.06. The van der Waals surface area contributed by atoms with Crippen molar-refractivity contribution in [1.82, 2.24) is 5.32 Å². The number of carbonyl (C=O) groups is 1. The van der Waals surface area contributed by atoms with Crippen molar-refractivity contribution in [3.05, 3.63) is 29.8 Å². The number of hydrogen-bond acceptors (Lipinski definition) is 3. The van der Waals surface area contributed by atoms with Crippen molar-refractivity contribution in [3.8, 4) is 5.75 Å². The van der Waals surface area contributed by atoms with Gasteiger partial charge in [-0.15, -0.1) is 0 Å². The molecule has 0 saturated carbocycles. The van der Waals surface area contributed by atoms with Crippen LogP contribution in [0.3, 0.4) is 0 Å². The molecule has 106 valence electrons. The minimum atomic E-state index is -0.0633. The third kappa shape index (κ3) is 6.25. The summed E-state index contributed by atoms with van der Waals surface area (Å²) in [7, 11) is 0. The summed E-state index contributed by atoms with van der Waals surface area (Å²) >= 11 is 0. The first-order chi connectivity index (χ1) is 9.13. The van der Waals surface area contributed by atoms with Crippen LogP contribution in [0.5, 0.6) is 5.75 Å². The van der Waals surface area contributed by atoms with Gasteiger partial charge in [0.1, 0.15) is 5.75 Å². The Morgan fingerprint density at radius 1 is 1.47 bits per heavy atom. The lowest BCUT2D eigenvalue weighted by Gasteiger charge is -2.09. The summed E-state index contributed by atoms with van der Waals surface area (Å²) in [5, 5.41) is 2.89. The molecule has 19 heavy (non-hydrogen) atoms. The molecule has 0 heterocycles. The number of hydrogen-bond donors (Lipinski definition) is 2. The van der Waals surface area contributed by atoms with E-state index in [1.54, 1.807) is 12.1 Å². The quantitative estimate of drug-likeness (QED) is 0.708. The van der Waals surface area contributed by atoms with Gasteiger partial charge >= 0.3 is 0 Å². The molecule has 1 aromatic carbocycles. The number of carbonyl (C=O) groups excluding carboxylic acids is 1. The molecule has 4 heteroatoms. The van der Waals surface area contributed by atoms with Crippen LogP contribution in [0.25, 0.3) is 0 Å². The zero-order chi connectivity index (χ0) is 14.1. The topological polar surface area (TPSA) is 64.3 Å². The number of nitrogens with two attached hydrogens (primary N) is 1. The molecule has 0 bridgehead atoms. The molecule has 4 nitrogen and oxygen atoms in total. The van der Waals surface area contributed by atoms with Crippen molar-refractivity contribution in [2.45, 2.75) is 39.2 Å². The molecule has 1 aromatic rings. The fraction of sp³-hybridized carbons (Fsp3) is 0.533. The zero-order valence-corrected chi connectivity index (χ0v) is 11.8. The van der Waals surface area contributed by atoms with E-state index in [0.29, 0.717) is 18.7 Å². The summed E-state index contributed by atoms with van der Waals surface area (Å²) < 4.78 is 5.51. The lowest BCUT2D eigenvalue weighted by atomic mass is 10.2. The van der Waals surface area contributed by atoms with E-state index in [1.165, 1.54) is 0 Å². The fourth-order valence-corrected chi connectivity index (χ4v) is 1.68. The normalized spacial score (nSPS) is 11.9. The maximum absolute atomic E-state index is 11.9. The van der Waals surface area contributed by atoms with Crippen LogP contribution in [0.4, 0.5) is 0 Å². The van der Waals surface area contributed by atoms with Gasteiger partial charge in [-0.05, 0) is 44.4 Å². The van der Waals surface area contributed by atoms with Crippen molar-refractivity contribution in [1.29, 1.82) is 0 Å². The number of amides is 1. The minimum absolute atomic E-state index is 0.0633. The molecule has 0 aromatic heterocycles. The molecule has 0 radical (unpaired) electrons. The van der Waals surface area contributed by atoms with Gasteiger partial charge in [-0.3, -0.25) is 4.79 Å². The van der Waals surface area contributed by atoms with Crippen molar-refractivity contribution < 1.29 is 9.53 Å². The van der Waals surface area contributed by atoms with Gasteiger partial charge in [0.2, 0.25) is 0 Å². The van der Waals surface area contributed by atoms with E-state index in [2.05, 4.69) is 12.2 Å². The van der Waals surface area contributed by atoms with Gasteiger partial charge in [-0.1, -0.05) is 13.0 Å². The van der Waals surface area contributed by atoms with Crippen LogP contribution in [0.2, 0.25) is 0 Å². The predicted molar refractivity (Wildman–Crippen MR) is 77.4 cm³/mol. The van der Waals surface area contributed by atoms with Crippen LogP contribution in [0, 0.1) is 0 Å². The highest BCUT2D eigenvalue weighted by molar-refractivity contribution is 5.94. The Bertz CT molecular complexity index is 391. The number of benzene rings is 1. The van der Waals surface area contributed by atoms with Gasteiger partial charge in [-0.25, -0.2) is 0 Å². The summed E-state index contributed by atoms with van der Waals surface area (Å²) in [6.45, 7) is 5.34. The van der Waals surface area contributed by atoms with Gasteiger partial charge in [-0.2, -0.15) is 0 Å². The molecular weight excluding hydrogens is 240 g/mol. The molecule has 0 aliphatic heterocycles. The maximum Gasteiger partial charge on any atom is 0.251 e. The van der Waals surface area contributed by atoms with Crippen LogP contribution < -0.4 is 15.8 Å². The second-order valence-electron chi connectivity index (χ2n) is 4.75. The lowest BCUT2D eigenvalue weighted by Crippen LogP contribution is -2.26. The molecule has 3 N–H and O–H groups in total. The van der Waals surface area contributed by atoms with E-state index >= 15 is 0 Å². The first-order valence-electron chi connectivity index (χ1n) is 6.90. The fourth-order valence-electron chi connectivity index (χ4n) is 1.68. The van der Waals surface area contributed by atoms with Crippen LogP contribution in [-0.4, -0.2) is 25.1 Å². The molecule has 0 spiro atoms. The zero-order valence-electron chi connectivity index (χ0n) is 11.8. The average molecular weight is 264 g/mol. The molecule has 1 amide bonds. The molecule has 1 unspecified atom stereocenters. The number of rotatable bonds is 8. The molecule has 0 aliphatic carbocycles. The van der Waals surface area contributed by atoms with Gasteiger partial charge in [0.05, 0.1) is 6.61 Å². The summed E-state index contributed by atoms with van der Waals surface area (Å²) in [4.78, 5) is 11.9. The number of ether oxygens (including phenoxy) is 1. The van der Waals surface area contributed by atoms with Crippen LogP contribution in [0.1, 0.15) is 43.5 Å². The standard InChI is InChI=1S/C15H24N2O2/c1-3-10-19-14-8-4-7-13(11-14)15(18)17-9-5-6-12(2)16/h4,7-8,11-12H,3,5-6,9-10,16H2,1-2H3,(H,17,18). The predicted octanol–water partition coefficient (Wildman–Crippen LogP) is 2.33. The molecule has 0 aliphatic rings. The van der Waals surface area contributed by atoms with Gasteiger partial charge in [0.15, 0.2) is 0 Å². The Hall–Kier alpha value is -1.55. The smallest absolute Gasteiger partial charge is 0.251 e. The Morgan fingerprint density at radius 3 is 2.95 bits per heavy atom. The van der Waals surface area contributed by atoms with E-state index in [1.807, 2.05) is 19.1 Å². The highest BCUT2D eigenvalue weighted by atomic mass is 16.5. The van der Waals surface area contributed by atoms with Crippen LogP contribution >= 0.6 is 0 Å². The second kappa shape index (κ2) is 8.53.